The molecule has 2 heteroatoms. The fraction of sp³-hybridized carbons (Fsp3) is 0.389. The average Bonchev–Trinajstić information content (AvgIpc) is 2.39. The van der Waals surface area contributed by atoms with Crippen molar-refractivity contribution in [2.45, 2.75) is 40.0 Å². The zero-order chi connectivity index (χ0) is 14.8. The third-order valence-electron chi connectivity index (χ3n) is 2.96. The van der Waals surface area contributed by atoms with E-state index in [0.29, 0.717) is 13.0 Å². The summed E-state index contributed by atoms with van der Waals surface area (Å²) in [4.78, 5) is 11.6. The summed E-state index contributed by atoms with van der Waals surface area (Å²) >= 11 is 0. The first-order valence-electron chi connectivity index (χ1n) is 7.06. The summed E-state index contributed by atoms with van der Waals surface area (Å²) in [5.41, 5.74) is 3.59. The number of benzene rings is 1. The molecule has 0 fully saturated rings. The van der Waals surface area contributed by atoms with E-state index in [9.17, 15) is 4.79 Å². The molecule has 0 aliphatic carbocycles. The summed E-state index contributed by atoms with van der Waals surface area (Å²) < 4.78 is 5.21. The summed E-state index contributed by atoms with van der Waals surface area (Å²) in [6.45, 7) is 6.64. The molecule has 0 aromatic heterocycles. The molecule has 1 rings (SSSR count). The van der Waals surface area contributed by atoms with Crippen LogP contribution in [0.3, 0.4) is 0 Å². The van der Waals surface area contributed by atoms with Gasteiger partial charge >= 0.3 is 5.97 Å². The summed E-state index contributed by atoms with van der Waals surface area (Å²) in [5.74, 6) is -0.176. The third kappa shape index (κ3) is 7.57. The second-order valence-corrected chi connectivity index (χ2v) is 5.22. The minimum atomic E-state index is -0.176. The number of carbonyl (C=O) groups is 1. The van der Waals surface area contributed by atoms with Crippen LogP contribution >= 0.6 is 0 Å². The number of rotatable bonds is 7. The molecule has 0 amide bonds. The summed E-state index contributed by atoms with van der Waals surface area (Å²) in [7, 11) is 0. The third-order valence-corrected chi connectivity index (χ3v) is 2.96. The van der Waals surface area contributed by atoms with Gasteiger partial charge in [0.1, 0.15) is 6.61 Å². The number of carbonyl (C=O) groups excluding carboxylic acids is 1. The molecule has 0 bridgehead atoms. The molecule has 0 aliphatic rings. The maximum Gasteiger partial charge on any atom is 0.310 e. The molecule has 20 heavy (non-hydrogen) atoms. The van der Waals surface area contributed by atoms with Crippen LogP contribution in [0.1, 0.15) is 39.2 Å². The number of ether oxygens (including phenoxy) is 1. The molecule has 1 aromatic rings. The maximum absolute atomic E-state index is 11.6. The standard InChI is InChI=1S/C18H24O2/c1-15(2)8-7-9-16(3)12-13-20-18(19)14-17-10-5-4-6-11-17/h4-6,8,10-12H,7,9,13-14H2,1-3H3. The molecule has 2 nitrogen and oxygen atoms in total. The zero-order valence-corrected chi connectivity index (χ0v) is 12.7. The van der Waals surface area contributed by atoms with Crippen LogP contribution in [-0.2, 0) is 16.0 Å². The number of esters is 1. The van der Waals surface area contributed by atoms with Gasteiger partial charge in [0.25, 0.3) is 0 Å². The van der Waals surface area contributed by atoms with Gasteiger partial charge in [-0.3, -0.25) is 4.79 Å². The molecule has 108 valence electrons. The molecule has 0 aliphatic heterocycles. The van der Waals surface area contributed by atoms with Gasteiger partial charge in [0, 0.05) is 0 Å². The van der Waals surface area contributed by atoms with Crippen LogP contribution in [0.25, 0.3) is 0 Å². The average molecular weight is 272 g/mol. The van der Waals surface area contributed by atoms with Crippen LogP contribution in [0.15, 0.2) is 53.6 Å². The van der Waals surface area contributed by atoms with Crippen molar-refractivity contribution in [1.29, 1.82) is 0 Å². The van der Waals surface area contributed by atoms with Crippen molar-refractivity contribution < 1.29 is 9.53 Å². The Morgan fingerprint density at radius 1 is 1.10 bits per heavy atom. The lowest BCUT2D eigenvalue weighted by molar-refractivity contribution is -0.141. The van der Waals surface area contributed by atoms with Crippen molar-refractivity contribution in [3.05, 3.63) is 59.2 Å². The fourth-order valence-electron chi connectivity index (χ4n) is 1.78. The Bertz CT molecular complexity index is 465. The highest BCUT2D eigenvalue weighted by molar-refractivity contribution is 5.72. The van der Waals surface area contributed by atoms with E-state index >= 15 is 0 Å². The highest BCUT2D eigenvalue weighted by Crippen LogP contribution is 2.07. The van der Waals surface area contributed by atoms with E-state index in [-0.39, 0.29) is 5.97 Å². The van der Waals surface area contributed by atoms with Crippen LogP contribution < -0.4 is 0 Å². The van der Waals surface area contributed by atoms with Crippen molar-refractivity contribution in [1.82, 2.24) is 0 Å². The molecule has 0 saturated carbocycles. The molecule has 0 heterocycles. The summed E-state index contributed by atoms with van der Waals surface area (Å²) in [6.07, 6.45) is 6.61. The predicted octanol–water partition coefficient (Wildman–Crippen LogP) is 4.47. The summed E-state index contributed by atoms with van der Waals surface area (Å²) in [5, 5.41) is 0. The van der Waals surface area contributed by atoms with E-state index < -0.39 is 0 Å². The van der Waals surface area contributed by atoms with E-state index in [4.69, 9.17) is 4.74 Å². The molecular formula is C18H24O2. The maximum atomic E-state index is 11.6. The van der Waals surface area contributed by atoms with Crippen molar-refractivity contribution >= 4 is 5.97 Å². The normalized spacial score (nSPS) is 11.1. The summed E-state index contributed by atoms with van der Waals surface area (Å²) in [6, 6.07) is 9.66. The molecule has 0 spiro atoms. The van der Waals surface area contributed by atoms with E-state index in [2.05, 4.69) is 26.8 Å². The van der Waals surface area contributed by atoms with E-state index in [1.165, 1.54) is 11.1 Å². The molecule has 0 atom stereocenters. The van der Waals surface area contributed by atoms with Gasteiger partial charge in [-0.2, -0.15) is 0 Å². The van der Waals surface area contributed by atoms with Gasteiger partial charge in [0.05, 0.1) is 6.42 Å². The van der Waals surface area contributed by atoms with Crippen LogP contribution in [-0.4, -0.2) is 12.6 Å². The molecule has 0 unspecified atom stereocenters. The number of hydrogen-bond donors (Lipinski definition) is 0. The quantitative estimate of drug-likeness (QED) is 0.541. The second kappa shape index (κ2) is 9.13. The SMILES string of the molecule is CC(C)=CCCC(C)=CCOC(=O)Cc1ccccc1. The van der Waals surface area contributed by atoms with Gasteiger partial charge in [-0.1, -0.05) is 47.6 Å². The first kappa shape index (κ1) is 16.2. The van der Waals surface area contributed by atoms with Crippen LogP contribution in [0.2, 0.25) is 0 Å². The lowest BCUT2D eigenvalue weighted by Gasteiger charge is -2.03. The Morgan fingerprint density at radius 3 is 2.45 bits per heavy atom. The number of hydrogen-bond acceptors (Lipinski definition) is 2. The highest BCUT2D eigenvalue weighted by Gasteiger charge is 2.03. The van der Waals surface area contributed by atoms with E-state index in [1.807, 2.05) is 36.4 Å². The Kier molecular flexibility index (Phi) is 7.41. The Hall–Kier alpha value is -1.83. The molecule has 1 aromatic carbocycles. The van der Waals surface area contributed by atoms with E-state index in [1.54, 1.807) is 0 Å². The topological polar surface area (TPSA) is 26.3 Å². The number of allylic oxidation sites excluding steroid dienone is 3. The van der Waals surface area contributed by atoms with Crippen molar-refractivity contribution in [2.75, 3.05) is 6.61 Å². The molecule has 0 saturated heterocycles. The van der Waals surface area contributed by atoms with Gasteiger partial charge in [-0.15, -0.1) is 0 Å². The zero-order valence-electron chi connectivity index (χ0n) is 12.7. The van der Waals surface area contributed by atoms with Gasteiger partial charge in [0.2, 0.25) is 0 Å². The Labute approximate surface area is 122 Å². The molecule has 0 radical (unpaired) electrons. The second-order valence-electron chi connectivity index (χ2n) is 5.22. The van der Waals surface area contributed by atoms with Crippen molar-refractivity contribution in [3.8, 4) is 0 Å². The smallest absolute Gasteiger partial charge is 0.310 e. The monoisotopic (exact) mass is 272 g/mol. The van der Waals surface area contributed by atoms with Gasteiger partial charge < -0.3 is 4.74 Å². The van der Waals surface area contributed by atoms with Crippen LogP contribution in [0.4, 0.5) is 0 Å². The highest BCUT2D eigenvalue weighted by atomic mass is 16.5. The minimum absolute atomic E-state index is 0.176. The van der Waals surface area contributed by atoms with Crippen molar-refractivity contribution in [2.24, 2.45) is 0 Å². The van der Waals surface area contributed by atoms with Gasteiger partial charge in [0.15, 0.2) is 0 Å². The first-order valence-corrected chi connectivity index (χ1v) is 7.06. The molecule has 0 N–H and O–H groups in total. The predicted molar refractivity (Wildman–Crippen MR) is 83.5 cm³/mol. The van der Waals surface area contributed by atoms with Gasteiger partial charge in [-0.25, -0.2) is 0 Å². The molecular weight excluding hydrogens is 248 g/mol. The van der Waals surface area contributed by atoms with Crippen molar-refractivity contribution in [3.63, 3.8) is 0 Å². The Balaban J connectivity index is 2.25. The fourth-order valence-corrected chi connectivity index (χ4v) is 1.78. The van der Waals surface area contributed by atoms with Crippen LogP contribution in [0.5, 0.6) is 0 Å². The largest absolute Gasteiger partial charge is 0.461 e. The lowest BCUT2D eigenvalue weighted by atomic mass is 10.1. The minimum Gasteiger partial charge on any atom is -0.461 e. The lowest BCUT2D eigenvalue weighted by Crippen LogP contribution is -2.08. The van der Waals surface area contributed by atoms with E-state index in [0.717, 1.165) is 18.4 Å². The Morgan fingerprint density at radius 2 is 1.80 bits per heavy atom. The first-order chi connectivity index (χ1) is 9.58. The van der Waals surface area contributed by atoms with Gasteiger partial charge in [-0.05, 0) is 45.3 Å². The van der Waals surface area contributed by atoms with Crippen LogP contribution in [0, 0.1) is 0 Å².